The topological polar surface area (TPSA) is 46.2 Å². The molecule has 0 saturated carbocycles. The van der Waals surface area contributed by atoms with Gasteiger partial charge in [-0.2, -0.15) is 0 Å². The van der Waals surface area contributed by atoms with Crippen LogP contribution in [0.4, 0.5) is 0 Å². The molecule has 0 aliphatic heterocycles. The summed E-state index contributed by atoms with van der Waals surface area (Å²) in [5, 5.41) is 2.94. The summed E-state index contributed by atoms with van der Waals surface area (Å²) in [5.74, 6) is 0.582. The molecule has 0 rings (SSSR count). The van der Waals surface area contributed by atoms with Crippen molar-refractivity contribution in [3.8, 4) is 0 Å². The van der Waals surface area contributed by atoms with Gasteiger partial charge in [0.2, 0.25) is 5.91 Å². The van der Waals surface area contributed by atoms with Crippen LogP contribution in [0.3, 0.4) is 0 Å². The van der Waals surface area contributed by atoms with Crippen molar-refractivity contribution < 1.29 is 9.59 Å². The molecule has 3 heteroatoms. The van der Waals surface area contributed by atoms with Gasteiger partial charge in [-0.3, -0.25) is 9.59 Å². The van der Waals surface area contributed by atoms with E-state index in [0.717, 1.165) is 57.9 Å². The fourth-order valence-corrected chi connectivity index (χ4v) is 2.33. The Bertz CT molecular complexity index is 264. The minimum Gasteiger partial charge on any atom is -0.356 e. The molecule has 0 aliphatic carbocycles. The van der Waals surface area contributed by atoms with Gasteiger partial charge in [-0.1, -0.05) is 52.4 Å². The first-order valence-corrected chi connectivity index (χ1v) is 8.99. The molecule has 3 nitrogen and oxygen atoms in total. The highest BCUT2D eigenvalue weighted by Crippen LogP contribution is 2.08. The lowest BCUT2D eigenvalue weighted by atomic mass is 10.0. The van der Waals surface area contributed by atoms with Gasteiger partial charge in [0.05, 0.1) is 0 Å². The molecule has 1 N–H and O–H groups in total. The van der Waals surface area contributed by atoms with E-state index in [9.17, 15) is 9.59 Å². The lowest BCUT2D eigenvalue weighted by molar-refractivity contribution is -0.121. The number of nitrogens with one attached hydrogen (secondary N) is 1. The first-order chi connectivity index (χ1) is 10.2. The Morgan fingerprint density at radius 1 is 0.667 bits per heavy atom. The van der Waals surface area contributed by atoms with Gasteiger partial charge in [0.15, 0.2) is 0 Å². The van der Waals surface area contributed by atoms with E-state index in [-0.39, 0.29) is 5.91 Å². The molecule has 0 bridgehead atoms. The summed E-state index contributed by atoms with van der Waals surface area (Å²) in [5.41, 5.74) is 0. The first kappa shape index (κ1) is 20.1. The van der Waals surface area contributed by atoms with E-state index in [2.05, 4.69) is 19.2 Å². The number of carbonyl (C=O) groups excluding carboxylic acids is 2. The quantitative estimate of drug-likeness (QED) is 0.442. The third kappa shape index (κ3) is 15.3. The van der Waals surface area contributed by atoms with Crippen LogP contribution in [0, 0.1) is 0 Å². The zero-order valence-electron chi connectivity index (χ0n) is 14.2. The number of rotatable bonds is 15. The molecule has 21 heavy (non-hydrogen) atoms. The number of ketones is 1. The van der Waals surface area contributed by atoms with E-state index < -0.39 is 0 Å². The monoisotopic (exact) mass is 297 g/mol. The summed E-state index contributed by atoms with van der Waals surface area (Å²) >= 11 is 0. The highest BCUT2D eigenvalue weighted by Gasteiger charge is 2.02. The van der Waals surface area contributed by atoms with Crippen molar-refractivity contribution >= 4 is 11.7 Å². The van der Waals surface area contributed by atoms with Crippen molar-refractivity contribution in [3.63, 3.8) is 0 Å². The van der Waals surface area contributed by atoms with Gasteiger partial charge in [0.1, 0.15) is 5.78 Å². The Morgan fingerprint density at radius 3 is 1.86 bits per heavy atom. The molecular weight excluding hydrogens is 262 g/mol. The Kier molecular flexibility index (Phi) is 14.9. The molecule has 0 fully saturated rings. The van der Waals surface area contributed by atoms with Crippen LogP contribution >= 0.6 is 0 Å². The van der Waals surface area contributed by atoms with E-state index in [1.807, 2.05) is 0 Å². The Hall–Kier alpha value is -0.860. The average Bonchev–Trinajstić information content (AvgIpc) is 2.48. The maximum absolute atomic E-state index is 11.7. The number of unbranched alkanes of at least 4 members (excludes halogenated alkanes) is 7. The minimum atomic E-state index is 0.167. The molecule has 1 amide bonds. The molecule has 0 heterocycles. The van der Waals surface area contributed by atoms with Gasteiger partial charge in [0, 0.05) is 25.8 Å². The van der Waals surface area contributed by atoms with Crippen molar-refractivity contribution in [1.82, 2.24) is 5.32 Å². The van der Waals surface area contributed by atoms with Gasteiger partial charge in [-0.25, -0.2) is 0 Å². The van der Waals surface area contributed by atoms with E-state index in [0.29, 0.717) is 12.2 Å². The predicted molar refractivity (Wildman–Crippen MR) is 89.4 cm³/mol. The first-order valence-electron chi connectivity index (χ1n) is 8.99. The zero-order valence-corrected chi connectivity index (χ0v) is 14.2. The van der Waals surface area contributed by atoms with Crippen LogP contribution in [0.2, 0.25) is 0 Å². The average molecular weight is 297 g/mol. The summed E-state index contributed by atoms with van der Waals surface area (Å²) in [7, 11) is 0. The van der Waals surface area contributed by atoms with Crippen molar-refractivity contribution in [1.29, 1.82) is 0 Å². The van der Waals surface area contributed by atoms with Gasteiger partial charge in [0.25, 0.3) is 0 Å². The molecular formula is C18H35NO2. The second kappa shape index (κ2) is 15.5. The fourth-order valence-electron chi connectivity index (χ4n) is 2.33. The van der Waals surface area contributed by atoms with Crippen molar-refractivity contribution in [2.24, 2.45) is 0 Å². The smallest absolute Gasteiger partial charge is 0.219 e. The van der Waals surface area contributed by atoms with Crippen LogP contribution in [0.5, 0.6) is 0 Å². The molecule has 0 aromatic carbocycles. The Balaban J connectivity index is 3.26. The summed E-state index contributed by atoms with van der Waals surface area (Å²) in [6.45, 7) is 5.05. The molecule has 0 unspecified atom stereocenters. The molecule has 0 aromatic rings. The minimum absolute atomic E-state index is 0.167. The molecule has 0 atom stereocenters. The molecule has 124 valence electrons. The van der Waals surface area contributed by atoms with Crippen LogP contribution in [0.1, 0.15) is 97.3 Å². The van der Waals surface area contributed by atoms with Crippen molar-refractivity contribution in [3.05, 3.63) is 0 Å². The van der Waals surface area contributed by atoms with Crippen LogP contribution in [0.25, 0.3) is 0 Å². The van der Waals surface area contributed by atoms with Gasteiger partial charge >= 0.3 is 0 Å². The number of carbonyl (C=O) groups is 2. The lowest BCUT2D eigenvalue weighted by Crippen LogP contribution is -2.23. The molecule has 0 aliphatic rings. The van der Waals surface area contributed by atoms with Crippen LogP contribution in [-0.4, -0.2) is 18.2 Å². The highest BCUT2D eigenvalue weighted by molar-refractivity contribution is 5.78. The maximum atomic E-state index is 11.7. The van der Waals surface area contributed by atoms with Crippen LogP contribution < -0.4 is 5.32 Å². The highest BCUT2D eigenvalue weighted by atomic mass is 16.1. The molecule has 0 aromatic heterocycles. The zero-order chi connectivity index (χ0) is 15.8. The summed E-state index contributed by atoms with van der Waals surface area (Å²) in [6, 6.07) is 0. The Morgan fingerprint density at radius 2 is 1.24 bits per heavy atom. The second-order valence-corrected chi connectivity index (χ2v) is 5.97. The number of hydrogen-bond donors (Lipinski definition) is 1. The van der Waals surface area contributed by atoms with E-state index in [4.69, 9.17) is 0 Å². The molecule has 0 saturated heterocycles. The lowest BCUT2D eigenvalue weighted by Gasteiger charge is -2.05. The summed E-state index contributed by atoms with van der Waals surface area (Å²) < 4.78 is 0. The van der Waals surface area contributed by atoms with E-state index in [1.54, 1.807) is 0 Å². The van der Waals surface area contributed by atoms with Crippen molar-refractivity contribution in [2.45, 2.75) is 97.3 Å². The van der Waals surface area contributed by atoms with Gasteiger partial charge < -0.3 is 5.32 Å². The van der Waals surface area contributed by atoms with Crippen molar-refractivity contribution in [2.75, 3.05) is 6.54 Å². The summed E-state index contributed by atoms with van der Waals surface area (Å²) in [6.07, 6.45) is 13.2. The maximum Gasteiger partial charge on any atom is 0.219 e. The summed E-state index contributed by atoms with van der Waals surface area (Å²) in [4.78, 5) is 23.0. The molecule has 0 radical (unpaired) electrons. The van der Waals surface area contributed by atoms with E-state index in [1.165, 1.54) is 25.7 Å². The third-order valence-electron chi connectivity index (χ3n) is 3.77. The number of hydrogen-bond acceptors (Lipinski definition) is 2. The number of amides is 1. The third-order valence-corrected chi connectivity index (χ3v) is 3.77. The van der Waals surface area contributed by atoms with Gasteiger partial charge in [-0.15, -0.1) is 0 Å². The molecule has 0 spiro atoms. The van der Waals surface area contributed by atoms with Crippen LogP contribution in [0.15, 0.2) is 0 Å². The van der Waals surface area contributed by atoms with E-state index >= 15 is 0 Å². The normalized spacial score (nSPS) is 10.6. The largest absolute Gasteiger partial charge is 0.356 e. The standard InChI is InChI=1S/C18H35NO2/c1-3-5-7-8-10-13-17(20)14-11-9-12-16-19-18(21)15-6-4-2/h3-16H2,1-2H3,(H,19,21). The van der Waals surface area contributed by atoms with Crippen LogP contribution in [-0.2, 0) is 9.59 Å². The Labute approximate surface area is 131 Å². The second-order valence-electron chi connectivity index (χ2n) is 5.97. The number of Topliss-reactive ketones (excluding diaryl/α,β-unsaturated/α-hetero) is 1. The predicted octanol–water partition coefficient (Wildman–Crippen LogP) is 4.78. The SMILES string of the molecule is CCCCCCCC(=O)CCCCCNC(=O)CCCC. The van der Waals surface area contributed by atoms with Gasteiger partial charge in [-0.05, 0) is 25.7 Å². The fraction of sp³-hybridized carbons (Fsp3) is 0.889.